The number of aromatic nitrogens is 2. The minimum absolute atomic E-state index is 0.0902. The summed E-state index contributed by atoms with van der Waals surface area (Å²) in [6, 6.07) is 17.1. The van der Waals surface area contributed by atoms with E-state index in [1.807, 2.05) is 12.1 Å². The molecule has 6 heteroatoms. The van der Waals surface area contributed by atoms with Crippen molar-refractivity contribution in [2.24, 2.45) is 0 Å². The molecule has 0 unspecified atom stereocenters. The van der Waals surface area contributed by atoms with E-state index in [0.29, 0.717) is 29.2 Å². The van der Waals surface area contributed by atoms with Gasteiger partial charge in [-0.25, -0.2) is 4.39 Å². The third-order valence-corrected chi connectivity index (χ3v) is 5.30. The molecule has 5 nitrogen and oxygen atoms in total. The van der Waals surface area contributed by atoms with E-state index in [0.717, 1.165) is 24.9 Å². The number of allylic oxidation sites excluding steroid dienone is 1. The molecule has 31 heavy (non-hydrogen) atoms. The van der Waals surface area contributed by atoms with Crippen molar-refractivity contribution in [2.45, 2.75) is 32.1 Å². The number of hydrogen-bond acceptors (Lipinski definition) is 4. The fourth-order valence-corrected chi connectivity index (χ4v) is 3.66. The first-order valence-corrected chi connectivity index (χ1v) is 10.6. The molecule has 0 bridgehead atoms. The van der Waals surface area contributed by atoms with Gasteiger partial charge < -0.3 is 10.6 Å². The highest BCUT2D eigenvalue weighted by Crippen LogP contribution is 2.21. The zero-order valence-corrected chi connectivity index (χ0v) is 17.3. The SMILES string of the molecule is O=C(NCCC1=CCCCC1)c1cccc(Nc2ccc(-c3cccc(F)c3)nn2)c1. The number of hydrogen-bond donors (Lipinski definition) is 2. The molecule has 1 amide bonds. The number of amides is 1. The summed E-state index contributed by atoms with van der Waals surface area (Å²) in [5.74, 6) is 0.140. The smallest absolute Gasteiger partial charge is 0.251 e. The van der Waals surface area contributed by atoms with Crippen LogP contribution in [0, 0.1) is 5.82 Å². The van der Waals surface area contributed by atoms with Crippen LogP contribution in [0.25, 0.3) is 11.3 Å². The zero-order chi connectivity index (χ0) is 21.5. The molecule has 1 aliphatic rings. The highest BCUT2D eigenvalue weighted by atomic mass is 19.1. The van der Waals surface area contributed by atoms with Gasteiger partial charge in [0, 0.05) is 23.4 Å². The van der Waals surface area contributed by atoms with Gasteiger partial charge in [0.2, 0.25) is 0 Å². The van der Waals surface area contributed by atoms with Crippen LogP contribution in [0.4, 0.5) is 15.9 Å². The molecule has 0 saturated carbocycles. The molecule has 158 valence electrons. The molecule has 2 aromatic carbocycles. The first kappa shape index (κ1) is 20.7. The summed E-state index contributed by atoms with van der Waals surface area (Å²) in [4.78, 5) is 12.5. The Morgan fingerprint density at radius 1 is 1.00 bits per heavy atom. The van der Waals surface area contributed by atoms with Crippen LogP contribution in [0.5, 0.6) is 0 Å². The van der Waals surface area contributed by atoms with Crippen LogP contribution in [0.3, 0.4) is 0 Å². The maximum absolute atomic E-state index is 13.4. The van der Waals surface area contributed by atoms with Crippen molar-refractivity contribution in [3.8, 4) is 11.3 Å². The van der Waals surface area contributed by atoms with Gasteiger partial charge in [0.05, 0.1) is 5.69 Å². The molecule has 1 aliphatic carbocycles. The van der Waals surface area contributed by atoms with Gasteiger partial charge >= 0.3 is 0 Å². The van der Waals surface area contributed by atoms with Crippen molar-refractivity contribution in [3.05, 3.63) is 83.7 Å². The van der Waals surface area contributed by atoms with Crippen LogP contribution in [0.2, 0.25) is 0 Å². The van der Waals surface area contributed by atoms with E-state index in [-0.39, 0.29) is 11.7 Å². The van der Waals surface area contributed by atoms with Crippen LogP contribution in [-0.4, -0.2) is 22.6 Å². The summed E-state index contributed by atoms with van der Waals surface area (Å²) in [5, 5.41) is 14.5. The molecule has 3 aromatic rings. The molecule has 1 heterocycles. The van der Waals surface area contributed by atoms with Crippen molar-refractivity contribution >= 4 is 17.4 Å². The minimum Gasteiger partial charge on any atom is -0.352 e. The Bertz CT molecular complexity index is 1080. The van der Waals surface area contributed by atoms with E-state index in [9.17, 15) is 9.18 Å². The number of benzene rings is 2. The first-order valence-electron chi connectivity index (χ1n) is 10.6. The average Bonchev–Trinajstić information content (AvgIpc) is 2.80. The maximum atomic E-state index is 13.4. The van der Waals surface area contributed by atoms with Gasteiger partial charge in [-0.05, 0) is 74.6 Å². The predicted octanol–water partition coefficient (Wildman–Crippen LogP) is 5.65. The van der Waals surface area contributed by atoms with Gasteiger partial charge in [-0.2, -0.15) is 0 Å². The first-order chi connectivity index (χ1) is 15.2. The molecule has 0 fully saturated rings. The molecular weight excluding hydrogens is 391 g/mol. The Balaban J connectivity index is 1.35. The topological polar surface area (TPSA) is 66.9 Å². The van der Waals surface area contributed by atoms with E-state index in [2.05, 4.69) is 26.9 Å². The lowest BCUT2D eigenvalue weighted by atomic mass is 9.97. The lowest BCUT2D eigenvalue weighted by molar-refractivity contribution is 0.0954. The Hall–Kier alpha value is -3.54. The summed E-state index contributed by atoms with van der Waals surface area (Å²) in [5.41, 5.74) is 4.04. The number of halogens is 1. The van der Waals surface area contributed by atoms with E-state index < -0.39 is 0 Å². The van der Waals surface area contributed by atoms with Crippen molar-refractivity contribution in [3.63, 3.8) is 0 Å². The third kappa shape index (κ3) is 5.75. The minimum atomic E-state index is -0.313. The van der Waals surface area contributed by atoms with Crippen LogP contribution in [0.15, 0.2) is 72.3 Å². The molecule has 0 radical (unpaired) electrons. The number of anilines is 2. The fourth-order valence-electron chi connectivity index (χ4n) is 3.66. The van der Waals surface area contributed by atoms with Crippen molar-refractivity contribution < 1.29 is 9.18 Å². The summed E-state index contributed by atoms with van der Waals surface area (Å²) >= 11 is 0. The fraction of sp³-hybridized carbons (Fsp3) is 0.240. The second-order valence-corrected chi connectivity index (χ2v) is 7.63. The second-order valence-electron chi connectivity index (χ2n) is 7.63. The van der Waals surface area contributed by atoms with E-state index in [4.69, 9.17) is 0 Å². The van der Waals surface area contributed by atoms with Crippen LogP contribution < -0.4 is 10.6 Å². The monoisotopic (exact) mass is 416 g/mol. The summed E-state index contributed by atoms with van der Waals surface area (Å²) in [6.07, 6.45) is 8.04. The summed E-state index contributed by atoms with van der Waals surface area (Å²) < 4.78 is 13.4. The molecule has 1 aromatic heterocycles. The Kier molecular flexibility index (Phi) is 6.67. The molecule has 0 spiro atoms. The van der Waals surface area contributed by atoms with Crippen molar-refractivity contribution in [2.75, 3.05) is 11.9 Å². The van der Waals surface area contributed by atoms with E-state index in [1.54, 1.807) is 36.4 Å². The van der Waals surface area contributed by atoms with Gasteiger partial charge in [0.1, 0.15) is 5.82 Å². The molecule has 0 atom stereocenters. The highest BCUT2D eigenvalue weighted by molar-refractivity contribution is 5.95. The van der Waals surface area contributed by atoms with Crippen molar-refractivity contribution in [1.82, 2.24) is 15.5 Å². The molecular formula is C25H25FN4O. The van der Waals surface area contributed by atoms with Gasteiger partial charge in [-0.15, -0.1) is 10.2 Å². The van der Waals surface area contributed by atoms with Crippen LogP contribution >= 0.6 is 0 Å². The lowest BCUT2D eigenvalue weighted by Crippen LogP contribution is -2.24. The second kappa shape index (κ2) is 9.98. The number of carbonyl (C=O) groups excluding carboxylic acids is 1. The van der Waals surface area contributed by atoms with Gasteiger partial charge in [0.25, 0.3) is 5.91 Å². The number of nitrogens with one attached hydrogen (secondary N) is 2. The average molecular weight is 417 g/mol. The summed E-state index contributed by atoms with van der Waals surface area (Å²) in [6.45, 7) is 0.648. The number of carbonyl (C=O) groups is 1. The molecule has 0 aliphatic heterocycles. The van der Waals surface area contributed by atoms with Gasteiger partial charge in [-0.3, -0.25) is 4.79 Å². The van der Waals surface area contributed by atoms with Crippen LogP contribution in [0.1, 0.15) is 42.5 Å². The van der Waals surface area contributed by atoms with E-state index >= 15 is 0 Å². The largest absolute Gasteiger partial charge is 0.352 e. The highest BCUT2D eigenvalue weighted by Gasteiger charge is 2.09. The zero-order valence-electron chi connectivity index (χ0n) is 17.3. The Labute approximate surface area is 181 Å². The van der Waals surface area contributed by atoms with Crippen molar-refractivity contribution in [1.29, 1.82) is 0 Å². The van der Waals surface area contributed by atoms with Gasteiger partial charge in [0.15, 0.2) is 5.82 Å². The third-order valence-electron chi connectivity index (χ3n) is 5.30. The Morgan fingerprint density at radius 3 is 2.68 bits per heavy atom. The lowest BCUT2D eigenvalue weighted by Gasteiger charge is -2.13. The maximum Gasteiger partial charge on any atom is 0.251 e. The molecule has 0 saturated heterocycles. The van der Waals surface area contributed by atoms with Crippen LogP contribution in [-0.2, 0) is 0 Å². The van der Waals surface area contributed by atoms with E-state index in [1.165, 1.54) is 30.5 Å². The normalized spacial score (nSPS) is 13.4. The van der Waals surface area contributed by atoms with Gasteiger partial charge in [-0.1, -0.05) is 29.8 Å². The predicted molar refractivity (Wildman–Crippen MR) is 121 cm³/mol. The number of rotatable bonds is 7. The number of nitrogens with zero attached hydrogens (tertiary/aromatic N) is 2. The Morgan fingerprint density at radius 2 is 1.90 bits per heavy atom. The standard InChI is InChI=1S/C25H25FN4O/c26-21-10-4-8-19(16-21)23-12-13-24(30-29-23)28-22-11-5-9-20(17-22)25(31)27-15-14-18-6-2-1-3-7-18/h4-6,8-13,16-17H,1-3,7,14-15H2,(H,27,31)(H,28,30). The molecule has 2 N–H and O–H groups in total. The molecule has 4 rings (SSSR count). The quantitative estimate of drug-likeness (QED) is 0.489. The summed E-state index contributed by atoms with van der Waals surface area (Å²) in [7, 11) is 0.